The summed E-state index contributed by atoms with van der Waals surface area (Å²) < 4.78 is 0. The van der Waals surface area contributed by atoms with Gasteiger partial charge >= 0.3 is 0 Å². The second kappa shape index (κ2) is 5.29. The van der Waals surface area contributed by atoms with Gasteiger partial charge in [0.1, 0.15) is 0 Å². The Hall–Kier alpha value is -2.21. The van der Waals surface area contributed by atoms with Crippen LogP contribution in [0.5, 0.6) is 0 Å². The van der Waals surface area contributed by atoms with E-state index in [1.165, 1.54) is 0 Å². The van der Waals surface area contributed by atoms with Crippen molar-refractivity contribution >= 4 is 23.7 Å². The number of hydrogen-bond acceptors (Lipinski definition) is 5. The van der Waals surface area contributed by atoms with Crippen LogP contribution >= 0.6 is 0 Å². The maximum Gasteiger partial charge on any atom is 0.254 e. The van der Waals surface area contributed by atoms with Crippen molar-refractivity contribution in [3.05, 3.63) is 29.3 Å². The number of piperidine rings is 1. The molecule has 2 heterocycles. The summed E-state index contributed by atoms with van der Waals surface area (Å²) in [5.74, 6) is -0.408. The molecule has 3 N–H and O–H groups in total. The molecule has 6 nitrogen and oxygen atoms in total. The average Bonchev–Trinajstić information content (AvgIpc) is 2.83. The molecule has 2 unspecified atom stereocenters. The molecule has 2 aliphatic rings. The molecule has 0 radical (unpaired) electrons. The number of amides is 1. The zero-order chi connectivity index (χ0) is 15.0. The highest BCUT2D eigenvalue weighted by Crippen LogP contribution is 2.28. The molecule has 0 spiro atoms. The van der Waals surface area contributed by atoms with Crippen LogP contribution < -0.4 is 11.1 Å². The van der Waals surface area contributed by atoms with E-state index in [2.05, 4.69) is 5.32 Å². The highest BCUT2D eigenvalue weighted by Gasteiger charge is 2.35. The molecule has 1 fully saturated rings. The first kappa shape index (κ1) is 13.8. The van der Waals surface area contributed by atoms with Crippen LogP contribution in [0.25, 0.3) is 0 Å². The molecule has 3 rings (SSSR count). The number of aldehydes is 1. The fourth-order valence-corrected chi connectivity index (χ4v) is 3.09. The first-order valence-electron chi connectivity index (χ1n) is 7.02. The van der Waals surface area contributed by atoms with Crippen LogP contribution in [0.2, 0.25) is 0 Å². The number of ketones is 1. The maximum atomic E-state index is 12.4. The summed E-state index contributed by atoms with van der Waals surface area (Å²) in [5.41, 5.74) is 8.06. The van der Waals surface area contributed by atoms with Gasteiger partial charge in [0.15, 0.2) is 6.29 Å². The fraction of sp³-hybridized carbons (Fsp3) is 0.400. The van der Waals surface area contributed by atoms with Crippen molar-refractivity contribution in [2.24, 2.45) is 0 Å². The van der Waals surface area contributed by atoms with Crippen molar-refractivity contribution in [1.82, 2.24) is 10.2 Å². The van der Waals surface area contributed by atoms with Gasteiger partial charge in [-0.05, 0) is 36.6 Å². The Labute approximate surface area is 122 Å². The number of benzene rings is 1. The lowest BCUT2D eigenvalue weighted by Crippen LogP contribution is -2.52. The van der Waals surface area contributed by atoms with E-state index >= 15 is 0 Å². The summed E-state index contributed by atoms with van der Waals surface area (Å²) in [4.78, 5) is 36.1. The molecular formula is C15H17N3O3. The minimum absolute atomic E-state index is 0.0111. The molecule has 1 aromatic rings. The van der Waals surface area contributed by atoms with Crippen LogP contribution in [0.15, 0.2) is 18.2 Å². The molecule has 1 amide bonds. The minimum Gasteiger partial charge on any atom is -0.399 e. The second-order valence-corrected chi connectivity index (χ2v) is 5.56. The van der Waals surface area contributed by atoms with E-state index < -0.39 is 11.8 Å². The van der Waals surface area contributed by atoms with Crippen LogP contribution in [-0.4, -0.2) is 41.5 Å². The Morgan fingerprint density at radius 3 is 2.86 bits per heavy atom. The number of carbonyl (C=O) groups excluding carboxylic acids is 3. The summed E-state index contributed by atoms with van der Waals surface area (Å²) in [6.45, 7) is 1.08. The van der Waals surface area contributed by atoms with Crippen LogP contribution in [0, 0.1) is 0 Å². The molecule has 2 aliphatic heterocycles. The lowest BCUT2D eigenvalue weighted by molar-refractivity contribution is -0.131. The SMILES string of the molecule is Nc1ccc2c(c1)CN(C1CCC(C(=O)C=O)NC1)C2=O. The third-order valence-electron chi connectivity index (χ3n) is 4.25. The molecule has 6 heteroatoms. The van der Waals surface area contributed by atoms with Crippen molar-refractivity contribution in [2.45, 2.75) is 31.5 Å². The molecule has 0 aliphatic carbocycles. The maximum absolute atomic E-state index is 12.4. The topological polar surface area (TPSA) is 92.5 Å². The number of hydrogen-bond donors (Lipinski definition) is 2. The Morgan fingerprint density at radius 1 is 1.38 bits per heavy atom. The normalized spacial score (nSPS) is 24.8. The second-order valence-electron chi connectivity index (χ2n) is 5.56. The molecule has 1 aromatic carbocycles. The number of rotatable bonds is 3. The third-order valence-corrected chi connectivity index (χ3v) is 4.25. The van der Waals surface area contributed by atoms with Gasteiger partial charge in [0.05, 0.1) is 6.04 Å². The smallest absolute Gasteiger partial charge is 0.254 e. The van der Waals surface area contributed by atoms with Gasteiger partial charge < -0.3 is 16.0 Å². The molecule has 0 aromatic heterocycles. The summed E-state index contributed by atoms with van der Waals surface area (Å²) in [7, 11) is 0. The number of nitrogen functional groups attached to an aromatic ring is 1. The van der Waals surface area contributed by atoms with Gasteiger partial charge in [0.2, 0.25) is 5.78 Å². The molecule has 110 valence electrons. The van der Waals surface area contributed by atoms with Crippen LogP contribution in [0.4, 0.5) is 5.69 Å². The first-order valence-corrected chi connectivity index (χ1v) is 7.02. The molecular weight excluding hydrogens is 270 g/mol. The average molecular weight is 287 g/mol. The zero-order valence-corrected chi connectivity index (χ0v) is 11.5. The number of nitrogens with zero attached hydrogens (tertiary/aromatic N) is 1. The van der Waals surface area contributed by atoms with E-state index in [0.29, 0.717) is 43.5 Å². The Balaban J connectivity index is 1.69. The third kappa shape index (κ3) is 2.42. The van der Waals surface area contributed by atoms with E-state index in [9.17, 15) is 14.4 Å². The Morgan fingerprint density at radius 2 is 2.19 bits per heavy atom. The van der Waals surface area contributed by atoms with E-state index in [0.717, 1.165) is 5.56 Å². The fourth-order valence-electron chi connectivity index (χ4n) is 3.09. The van der Waals surface area contributed by atoms with Gasteiger partial charge in [-0.3, -0.25) is 14.4 Å². The van der Waals surface area contributed by atoms with Crippen molar-refractivity contribution in [1.29, 1.82) is 0 Å². The van der Waals surface area contributed by atoms with Crippen molar-refractivity contribution in [3.63, 3.8) is 0 Å². The molecule has 21 heavy (non-hydrogen) atoms. The highest BCUT2D eigenvalue weighted by molar-refractivity contribution is 6.27. The van der Waals surface area contributed by atoms with Crippen molar-refractivity contribution < 1.29 is 14.4 Å². The molecule has 1 saturated heterocycles. The predicted octanol–water partition coefficient (Wildman–Crippen LogP) is 0.113. The summed E-state index contributed by atoms with van der Waals surface area (Å²) in [6, 6.07) is 4.97. The number of carbonyl (C=O) groups is 3. The van der Waals surface area contributed by atoms with E-state index in [-0.39, 0.29) is 11.9 Å². The van der Waals surface area contributed by atoms with Crippen molar-refractivity contribution in [3.8, 4) is 0 Å². The lowest BCUT2D eigenvalue weighted by atomic mass is 9.97. The van der Waals surface area contributed by atoms with Gasteiger partial charge in [-0.1, -0.05) is 0 Å². The summed E-state index contributed by atoms with van der Waals surface area (Å²) in [5, 5.41) is 3.06. The van der Waals surface area contributed by atoms with Crippen LogP contribution in [0.3, 0.4) is 0 Å². The highest BCUT2D eigenvalue weighted by atomic mass is 16.2. The Bertz CT molecular complexity index is 606. The summed E-state index contributed by atoms with van der Waals surface area (Å²) >= 11 is 0. The predicted molar refractivity (Wildman–Crippen MR) is 76.6 cm³/mol. The lowest BCUT2D eigenvalue weighted by Gasteiger charge is -2.34. The largest absolute Gasteiger partial charge is 0.399 e. The summed E-state index contributed by atoms with van der Waals surface area (Å²) in [6.07, 6.45) is 1.65. The zero-order valence-electron chi connectivity index (χ0n) is 11.5. The number of Topliss-reactive ketones (excluding diaryl/α,β-unsaturated/α-hetero) is 1. The molecule has 2 atom stereocenters. The van der Waals surface area contributed by atoms with Crippen LogP contribution in [0.1, 0.15) is 28.8 Å². The Kier molecular flexibility index (Phi) is 3.47. The van der Waals surface area contributed by atoms with Gasteiger partial charge in [-0.25, -0.2) is 0 Å². The van der Waals surface area contributed by atoms with E-state index in [1.807, 2.05) is 11.0 Å². The number of anilines is 1. The number of fused-ring (bicyclic) bond motifs is 1. The number of nitrogens with two attached hydrogens (primary N) is 1. The number of nitrogens with one attached hydrogen (secondary N) is 1. The van der Waals surface area contributed by atoms with Gasteiger partial charge in [0, 0.05) is 30.4 Å². The van der Waals surface area contributed by atoms with Gasteiger partial charge in [-0.2, -0.15) is 0 Å². The van der Waals surface area contributed by atoms with E-state index in [1.54, 1.807) is 12.1 Å². The molecule has 0 saturated carbocycles. The van der Waals surface area contributed by atoms with Gasteiger partial charge in [-0.15, -0.1) is 0 Å². The first-order chi connectivity index (χ1) is 10.1. The standard InChI is InChI=1S/C15H17N3O3/c16-10-1-3-12-9(5-10)7-18(15(12)21)11-2-4-13(17-6-11)14(20)8-19/h1,3,5,8,11,13,17H,2,4,6-7,16H2. The van der Waals surface area contributed by atoms with Crippen molar-refractivity contribution in [2.75, 3.05) is 12.3 Å². The minimum atomic E-state index is -0.419. The quantitative estimate of drug-likeness (QED) is 0.468. The van der Waals surface area contributed by atoms with Crippen LogP contribution in [-0.2, 0) is 16.1 Å². The monoisotopic (exact) mass is 287 g/mol. The van der Waals surface area contributed by atoms with E-state index in [4.69, 9.17) is 5.73 Å². The molecule has 0 bridgehead atoms. The van der Waals surface area contributed by atoms with Gasteiger partial charge in [0.25, 0.3) is 5.91 Å².